The zero-order chi connectivity index (χ0) is 16.4. The van der Waals surface area contributed by atoms with Gasteiger partial charge in [0.1, 0.15) is 5.75 Å². The van der Waals surface area contributed by atoms with E-state index in [0.717, 1.165) is 33.6 Å². The summed E-state index contributed by atoms with van der Waals surface area (Å²) < 4.78 is 16.0. The van der Waals surface area contributed by atoms with Crippen LogP contribution < -0.4 is 9.47 Å². The largest absolute Gasteiger partial charge is 0.496 e. The molecule has 23 heavy (non-hydrogen) atoms. The average Bonchev–Trinajstić information content (AvgIpc) is 3.07. The Morgan fingerprint density at radius 1 is 0.957 bits per heavy atom. The van der Waals surface area contributed by atoms with E-state index in [9.17, 15) is 0 Å². The molecule has 0 radical (unpaired) electrons. The molecule has 0 fully saturated rings. The zero-order valence-corrected chi connectivity index (χ0v) is 13.6. The summed E-state index contributed by atoms with van der Waals surface area (Å²) in [6, 6.07) is 7.77. The number of methoxy groups -OCH3 is 2. The van der Waals surface area contributed by atoms with Crippen LogP contribution in [0.4, 0.5) is 0 Å². The molecule has 3 rings (SSSR count). The van der Waals surface area contributed by atoms with Crippen LogP contribution in [-0.4, -0.2) is 24.4 Å². The number of aryl methyl sites for hydroxylation is 1. The molecule has 0 aliphatic heterocycles. The third-order valence-corrected chi connectivity index (χ3v) is 3.93. The molecule has 5 heteroatoms. The van der Waals surface area contributed by atoms with Gasteiger partial charge in [-0.3, -0.25) is 0 Å². The van der Waals surface area contributed by atoms with Gasteiger partial charge in [-0.05, 0) is 43.2 Å². The topological polar surface area (TPSA) is 57.4 Å². The molecule has 0 unspecified atom stereocenters. The van der Waals surface area contributed by atoms with Gasteiger partial charge < -0.3 is 14.0 Å². The first-order chi connectivity index (χ1) is 11.1. The van der Waals surface area contributed by atoms with Crippen molar-refractivity contribution < 1.29 is 14.0 Å². The molecule has 0 N–H and O–H groups in total. The lowest BCUT2D eigenvalue weighted by atomic mass is 9.99. The van der Waals surface area contributed by atoms with Crippen LogP contribution in [0.1, 0.15) is 11.1 Å². The SMILES string of the molecule is COc1ccc(-c2cnoc2-c2cc(C)c(C)c(OC)c2)cn1. The first-order valence-electron chi connectivity index (χ1n) is 7.24. The summed E-state index contributed by atoms with van der Waals surface area (Å²) in [6.45, 7) is 4.08. The number of rotatable bonds is 4. The van der Waals surface area contributed by atoms with Crippen molar-refractivity contribution in [3.63, 3.8) is 0 Å². The molecule has 0 saturated carbocycles. The Kier molecular flexibility index (Phi) is 4.02. The standard InChI is InChI=1S/C18H18N2O3/c1-11-7-14(8-16(21-3)12(11)2)18-15(10-20-23-18)13-5-6-17(22-4)19-9-13/h5-10H,1-4H3. The molecule has 0 bridgehead atoms. The molecule has 0 aliphatic rings. The van der Waals surface area contributed by atoms with E-state index >= 15 is 0 Å². The molecule has 3 aromatic rings. The molecule has 5 nitrogen and oxygen atoms in total. The van der Waals surface area contributed by atoms with Crippen molar-refractivity contribution in [3.8, 4) is 34.1 Å². The van der Waals surface area contributed by atoms with E-state index in [-0.39, 0.29) is 0 Å². The molecular weight excluding hydrogens is 292 g/mol. The quantitative estimate of drug-likeness (QED) is 0.728. The second-order valence-electron chi connectivity index (χ2n) is 5.28. The third-order valence-electron chi connectivity index (χ3n) is 3.93. The first kappa shape index (κ1) is 15.1. The van der Waals surface area contributed by atoms with Crippen LogP contribution in [0.2, 0.25) is 0 Å². The summed E-state index contributed by atoms with van der Waals surface area (Å²) in [5.41, 5.74) is 4.97. The van der Waals surface area contributed by atoms with Crippen molar-refractivity contribution in [2.24, 2.45) is 0 Å². The molecule has 0 aliphatic carbocycles. The van der Waals surface area contributed by atoms with E-state index < -0.39 is 0 Å². The summed E-state index contributed by atoms with van der Waals surface area (Å²) in [4.78, 5) is 4.24. The molecule has 2 heterocycles. The van der Waals surface area contributed by atoms with E-state index in [1.807, 2.05) is 32.0 Å². The fraction of sp³-hybridized carbons (Fsp3) is 0.222. The Balaban J connectivity index is 2.09. The van der Waals surface area contributed by atoms with Crippen molar-refractivity contribution in [2.45, 2.75) is 13.8 Å². The predicted molar refractivity (Wildman–Crippen MR) is 87.7 cm³/mol. The van der Waals surface area contributed by atoms with Gasteiger partial charge in [-0.25, -0.2) is 4.98 Å². The van der Waals surface area contributed by atoms with E-state index in [1.165, 1.54) is 0 Å². The van der Waals surface area contributed by atoms with Crippen LogP contribution in [0.3, 0.4) is 0 Å². The molecule has 0 atom stereocenters. The van der Waals surface area contributed by atoms with E-state index in [1.54, 1.807) is 26.6 Å². The van der Waals surface area contributed by atoms with Crippen molar-refractivity contribution in [1.82, 2.24) is 10.1 Å². The summed E-state index contributed by atoms with van der Waals surface area (Å²) >= 11 is 0. The minimum atomic E-state index is 0.569. The highest BCUT2D eigenvalue weighted by atomic mass is 16.5. The van der Waals surface area contributed by atoms with Crippen LogP contribution in [0.5, 0.6) is 11.6 Å². The summed E-state index contributed by atoms with van der Waals surface area (Å²) in [7, 11) is 3.26. The van der Waals surface area contributed by atoms with Gasteiger partial charge in [0.2, 0.25) is 5.88 Å². The lowest BCUT2D eigenvalue weighted by Crippen LogP contribution is -1.92. The average molecular weight is 310 g/mol. The minimum absolute atomic E-state index is 0.569. The second-order valence-corrected chi connectivity index (χ2v) is 5.28. The van der Waals surface area contributed by atoms with E-state index in [0.29, 0.717) is 11.6 Å². The minimum Gasteiger partial charge on any atom is -0.496 e. The summed E-state index contributed by atoms with van der Waals surface area (Å²) in [6.07, 6.45) is 3.44. The molecule has 2 aromatic heterocycles. The lowest BCUT2D eigenvalue weighted by Gasteiger charge is -2.10. The smallest absolute Gasteiger partial charge is 0.212 e. The van der Waals surface area contributed by atoms with Crippen LogP contribution in [0.15, 0.2) is 41.2 Å². The Morgan fingerprint density at radius 2 is 1.78 bits per heavy atom. The maximum Gasteiger partial charge on any atom is 0.212 e. The van der Waals surface area contributed by atoms with Gasteiger partial charge in [-0.2, -0.15) is 0 Å². The van der Waals surface area contributed by atoms with Crippen molar-refractivity contribution in [3.05, 3.63) is 47.8 Å². The highest BCUT2D eigenvalue weighted by Gasteiger charge is 2.16. The number of benzene rings is 1. The Hall–Kier alpha value is -2.82. The van der Waals surface area contributed by atoms with Crippen LogP contribution in [0, 0.1) is 13.8 Å². The number of ether oxygens (including phenoxy) is 2. The molecule has 118 valence electrons. The Morgan fingerprint density at radius 3 is 2.43 bits per heavy atom. The van der Waals surface area contributed by atoms with E-state index in [4.69, 9.17) is 14.0 Å². The van der Waals surface area contributed by atoms with Crippen LogP contribution in [0.25, 0.3) is 22.5 Å². The highest BCUT2D eigenvalue weighted by molar-refractivity contribution is 5.79. The predicted octanol–water partition coefficient (Wildman–Crippen LogP) is 4.04. The lowest BCUT2D eigenvalue weighted by molar-refractivity contribution is 0.398. The van der Waals surface area contributed by atoms with Gasteiger partial charge >= 0.3 is 0 Å². The maximum atomic E-state index is 5.49. The normalized spacial score (nSPS) is 10.6. The fourth-order valence-electron chi connectivity index (χ4n) is 2.48. The molecular formula is C18H18N2O3. The third kappa shape index (κ3) is 2.77. The Bertz CT molecular complexity index is 823. The number of aromatic nitrogens is 2. The van der Waals surface area contributed by atoms with Gasteiger partial charge in [-0.1, -0.05) is 5.16 Å². The van der Waals surface area contributed by atoms with Crippen molar-refractivity contribution in [2.75, 3.05) is 14.2 Å². The zero-order valence-electron chi connectivity index (χ0n) is 13.6. The number of hydrogen-bond acceptors (Lipinski definition) is 5. The number of nitrogens with zero attached hydrogens (tertiary/aromatic N) is 2. The molecule has 1 aromatic carbocycles. The molecule has 0 saturated heterocycles. The van der Waals surface area contributed by atoms with Gasteiger partial charge in [0.15, 0.2) is 5.76 Å². The van der Waals surface area contributed by atoms with Crippen molar-refractivity contribution in [1.29, 1.82) is 0 Å². The highest BCUT2D eigenvalue weighted by Crippen LogP contribution is 2.35. The monoisotopic (exact) mass is 310 g/mol. The number of pyridine rings is 1. The number of hydrogen-bond donors (Lipinski definition) is 0. The van der Waals surface area contributed by atoms with Crippen LogP contribution >= 0.6 is 0 Å². The van der Waals surface area contributed by atoms with Gasteiger partial charge in [-0.15, -0.1) is 0 Å². The fourth-order valence-corrected chi connectivity index (χ4v) is 2.48. The molecule has 0 amide bonds. The van der Waals surface area contributed by atoms with Crippen molar-refractivity contribution >= 4 is 0 Å². The summed E-state index contributed by atoms with van der Waals surface area (Å²) in [5.74, 6) is 2.09. The van der Waals surface area contributed by atoms with E-state index in [2.05, 4.69) is 16.2 Å². The van der Waals surface area contributed by atoms with Crippen LogP contribution in [-0.2, 0) is 0 Å². The van der Waals surface area contributed by atoms with Gasteiger partial charge in [0.05, 0.1) is 26.0 Å². The maximum absolute atomic E-state index is 5.49. The van der Waals surface area contributed by atoms with Gasteiger partial charge in [0.25, 0.3) is 0 Å². The first-order valence-corrected chi connectivity index (χ1v) is 7.24. The summed E-state index contributed by atoms with van der Waals surface area (Å²) in [5, 5.41) is 3.95. The molecule has 0 spiro atoms. The Labute approximate surface area is 134 Å². The van der Waals surface area contributed by atoms with Gasteiger partial charge in [0, 0.05) is 23.4 Å². The second kappa shape index (κ2) is 6.12.